The Morgan fingerprint density at radius 2 is 0.771 bits per heavy atom. The van der Waals surface area contributed by atoms with Crippen LogP contribution in [0.5, 0.6) is 0 Å². The molecule has 0 aromatic rings. The molecule has 0 bridgehead atoms. The average Bonchev–Trinajstić information content (AvgIpc) is 3.03. The predicted octanol–water partition coefficient (Wildman–Crippen LogP) is 12.3. The fourth-order valence-electron chi connectivity index (χ4n) is 5.72. The molecule has 48 heavy (non-hydrogen) atoms. The van der Waals surface area contributed by atoms with Crippen molar-refractivity contribution in [2.75, 3.05) is 19.8 Å². The van der Waals surface area contributed by atoms with Gasteiger partial charge in [-0.1, -0.05) is 102 Å². The van der Waals surface area contributed by atoms with E-state index in [9.17, 15) is 0 Å². The predicted molar refractivity (Wildman–Crippen MR) is 221 cm³/mol. The summed E-state index contributed by atoms with van der Waals surface area (Å²) in [6.07, 6.45) is 46.7. The van der Waals surface area contributed by atoms with Crippen LogP contribution in [0.25, 0.3) is 0 Å². The molecule has 0 unspecified atom stereocenters. The van der Waals surface area contributed by atoms with Gasteiger partial charge in [0.05, 0.1) is 0 Å². The zero-order chi connectivity index (χ0) is 34.6. The van der Waals surface area contributed by atoms with Crippen LogP contribution < -0.4 is 29.1 Å². The molecular weight excluding hydrogens is 803 g/mol. The molecule has 0 aliphatic carbocycles. The summed E-state index contributed by atoms with van der Waals surface area (Å²) in [6.45, 7) is 4.59. The zero-order valence-electron chi connectivity index (χ0n) is 32.9. The first-order valence-electron chi connectivity index (χ1n) is 20.6. The van der Waals surface area contributed by atoms with Gasteiger partial charge in [0.2, 0.25) is 0 Å². The maximum absolute atomic E-state index is 6.29. The molecule has 0 aromatic heterocycles. The van der Waals surface area contributed by atoms with E-state index in [1.165, 1.54) is 172 Å². The molecule has 0 aliphatic rings. The van der Waals surface area contributed by atoms with Crippen molar-refractivity contribution < 1.29 is 33.0 Å². The zero-order valence-corrected chi connectivity index (χ0v) is 38.7. The molecule has 288 valence electrons. The Morgan fingerprint density at radius 3 is 1.08 bits per heavy atom. The SMILES string of the molecule is CCCCCCCC/C=C\CCCCCCCCOP(=S)(NCC[As+](C)(C)C)OCCCCCCCC/C=C\CCCCCCCC.[I-]. The first kappa shape index (κ1) is 51.4. The van der Waals surface area contributed by atoms with Crippen LogP contribution in [0.1, 0.15) is 194 Å². The summed E-state index contributed by atoms with van der Waals surface area (Å²) in [5, 5.41) is 4.82. The number of hydrogen-bond donors (Lipinski definition) is 1. The van der Waals surface area contributed by atoms with Gasteiger partial charge in [0.1, 0.15) is 0 Å². The van der Waals surface area contributed by atoms with Crippen LogP contribution in [-0.4, -0.2) is 33.3 Å². The molecule has 0 fully saturated rings. The average molecular weight is 888 g/mol. The van der Waals surface area contributed by atoms with Gasteiger partial charge in [-0.15, -0.1) is 0 Å². The van der Waals surface area contributed by atoms with Crippen LogP contribution in [-0.2, 0) is 20.9 Å². The quantitative estimate of drug-likeness (QED) is 0.0220. The van der Waals surface area contributed by atoms with Gasteiger partial charge in [0.25, 0.3) is 0 Å². The summed E-state index contributed by atoms with van der Waals surface area (Å²) in [4.78, 5) is 0. The summed E-state index contributed by atoms with van der Waals surface area (Å²) in [6, 6.07) is 0. The van der Waals surface area contributed by atoms with E-state index >= 15 is 0 Å². The monoisotopic (exact) mass is 887 g/mol. The fourth-order valence-corrected chi connectivity index (χ4v) is 9.85. The van der Waals surface area contributed by atoms with Gasteiger partial charge in [-0.2, -0.15) is 0 Å². The Kier molecular flexibility index (Phi) is 42.3. The van der Waals surface area contributed by atoms with E-state index < -0.39 is 20.2 Å². The summed E-state index contributed by atoms with van der Waals surface area (Å²) in [5.74, 6) is 0. The van der Waals surface area contributed by atoms with E-state index in [1.807, 2.05) is 0 Å². The van der Waals surface area contributed by atoms with Crippen molar-refractivity contribution in [3.05, 3.63) is 24.3 Å². The minimum atomic E-state index is -2.39. The molecule has 0 heterocycles. The van der Waals surface area contributed by atoms with Crippen LogP contribution in [0, 0.1) is 0 Å². The third-order valence-corrected chi connectivity index (χ3v) is 14.9. The Labute approximate surface area is 327 Å². The normalized spacial score (nSPS) is 12.4. The molecule has 0 saturated carbocycles. The first-order valence-corrected chi connectivity index (χ1v) is 30.2. The maximum atomic E-state index is 6.29. The van der Waals surface area contributed by atoms with Crippen molar-refractivity contribution in [2.45, 2.75) is 216 Å². The van der Waals surface area contributed by atoms with Gasteiger partial charge < -0.3 is 24.0 Å². The molecule has 3 nitrogen and oxygen atoms in total. The van der Waals surface area contributed by atoms with E-state index in [0.29, 0.717) is 0 Å². The van der Waals surface area contributed by atoms with Crippen LogP contribution in [0.2, 0.25) is 22.3 Å². The Bertz CT molecular complexity index is 698. The molecule has 0 rings (SSSR count). The standard InChI is InChI=1S/C41H84AsNO2PS.HI/c1-6-8-10-12-14-16-18-20-22-24-26-28-30-32-34-36-40-44-46(47,43-39-38-42(3,4)5)45-41-37-35-33-31-29-27-25-23-21-19-17-15-13-11-9-7-2;/h20-23H,6-19,24-41H2,1-5H3,(H,43,47);1H/q+1;/p-1/b22-20-,23-21-;. The van der Waals surface area contributed by atoms with E-state index in [2.05, 4.69) is 60.4 Å². The molecule has 7 heteroatoms. The van der Waals surface area contributed by atoms with Crippen LogP contribution in [0.3, 0.4) is 0 Å². The van der Waals surface area contributed by atoms with Crippen LogP contribution in [0.4, 0.5) is 0 Å². The fraction of sp³-hybridized carbons (Fsp3) is 0.902. The Balaban J connectivity index is 0. The third-order valence-electron chi connectivity index (χ3n) is 8.92. The minimum Gasteiger partial charge on any atom is -1.00 e. The van der Waals surface area contributed by atoms with Crippen molar-refractivity contribution in [1.82, 2.24) is 5.09 Å². The smallest absolute Gasteiger partial charge is 1.00 e. The summed E-state index contributed by atoms with van der Waals surface area (Å²) in [7, 11) is 0. The van der Waals surface area contributed by atoms with Crippen LogP contribution in [0.15, 0.2) is 24.3 Å². The molecule has 0 amide bonds. The Hall–Kier alpha value is 1.30. The van der Waals surface area contributed by atoms with E-state index in [-0.39, 0.29) is 24.0 Å². The topological polar surface area (TPSA) is 30.5 Å². The van der Waals surface area contributed by atoms with Crippen LogP contribution >= 0.6 is 6.64 Å². The molecule has 0 aromatic carbocycles. The number of hydrogen-bond acceptors (Lipinski definition) is 3. The minimum absolute atomic E-state index is 0. The number of rotatable bonds is 38. The molecule has 0 atom stereocenters. The third kappa shape index (κ3) is 41.7. The Morgan fingerprint density at radius 1 is 0.479 bits per heavy atom. The number of nitrogens with one attached hydrogen (secondary N) is 1. The van der Waals surface area contributed by atoms with Crippen molar-refractivity contribution >= 4 is 32.0 Å². The number of halogens is 1. The van der Waals surface area contributed by atoms with Gasteiger partial charge >= 0.3 is 165 Å². The molecule has 1 N–H and O–H groups in total. The van der Waals surface area contributed by atoms with Gasteiger partial charge in [-0.25, -0.2) is 0 Å². The second-order valence-electron chi connectivity index (χ2n) is 15.0. The first-order chi connectivity index (χ1) is 22.8. The van der Waals surface area contributed by atoms with Crippen molar-refractivity contribution in [2.24, 2.45) is 0 Å². The van der Waals surface area contributed by atoms with Crippen molar-refractivity contribution in [3.63, 3.8) is 0 Å². The van der Waals surface area contributed by atoms with Gasteiger partial charge in [-0.05, 0) is 38.5 Å². The molecule has 0 saturated heterocycles. The van der Waals surface area contributed by atoms with Gasteiger partial charge in [0.15, 0.2) is 0 Å². The molecule has 0 spiro atoms. The van der Waals surface area contributed by atoms with Gasteiger partial charge in [0, 0.05) is 0 Å². The number of allylic oxidation sites excluding steroid dienone is 4. The molecule has 0 aliphatic heterocycles. The van der Waals surface area contributed by atoms with E-state index in [1.54, 1.807) is 0 Å². The van der Waals surface area contributed by atoms with E-state index in [4.69, 9.17) is 20.9 Å². The van der Waals surface area contributed by atoms with Crippen molar-refractivity contribution in [3.8, 4) is 0 Å². The second kappa shape index (κ2) is 39.5. The van der Waals surface area contributed by atoms with Gasteiger partial charge in [-0.3, -0.25) is 0 Å². The second-order valence-corrected chi connectivity index (χ2v) is 28.8. The summed E-state index contributed by atoms with van der Waals surface area (Å²) in [5.41, 5.74) is 7.35. The van der Waals surface area contributed by atoms with Crippen molar-refractivity contribution in [1.29, 1.82) is 0 Å². The molecular formula is C41H84AsINO2PS. The summed E-state index contributed by atoms with van der Waals surface area (Å²) < 4.78 is 12.6. The molecule has 0 radical (unpaired) electrons. The number of unbranched alkanes of at least 4 members (excludes halogenated alkanes) is 24. The summed E-state index contributed by atoms with van der Waals surface area (Å²) >= 11 is 4.52. The van der Waals surface area contributed by atoms with E-state index in [0.717, 1.165) is 32.6 Å².